The van der Waals surface area contributed by atoms with Gasteiger partial charge in [0, 0.05) is 30.6 Å². The summed E-state index contributed by atoms with van der Waals surface area (Å²) in [5.74, 6) is 0.508. The second-order valence-corrected chi connectivity index (χ2v) is 8.70. The van der Waals surface area contributed by atoms with Gasteiger partial charge >= 0.3 is 0 Å². The molecule has 0 spiro atoms. The predicted octanol–water partition coefficient (Wildman–Crippen LogP) is 3.59. The summed E-state index contributed by atoms with van der Waals surface area (Å²) in [7, 11) is -0.541. The second-order valence-electron chi connectivity index (χ2n) is 6.66. The fourth-order valence-electron chi connectivity index (χ4n) is 3.01. The van der Waals surface area contributed by atoms with Crippen LogP contribution in [0.1, 0.15) is 17.0 Å². The van der Waals surface area contributed by atoms with Crippen molar-refractivity contribution in [2.75, 3.05) is 14.2 Å². The van der Waals surface area contributed by atoms with Crippen molar-refractivity contribution in [3.8, 4) is 17.0 Å². The van der Waals surface area contributed by atoms with Crippen LogP contribution in [-0.4, -0.2) is 36.8 Å². The van der Waals surface area contributed by atoms with Gasteiger partial charge in [-0.2, -0.15) is 4.31 Å². The summed E-state index contributed by atoms with van der Waals surface area (Å²) < 4.78 is 32.5. The molecule has 6 nitrogen and oxygen atoms in total. The number of benzene rings is 1. The van der Waals surface area contributed by atoms with Gasteiger partial charge in [0.25, 0.3) is 0 Å². The average Bonchev–Trinajstić information content (AvgIpc) is 2.67. The van der Waals surface area contributed by atoms with Gasteiger partial charge < -0.3 is 4.74 Å². The van der Waals surface area contributed by atoms with Crippen LogP contribution in [0.5, 0.6) is 5.88 Å². The highest BCUT2D eigenvalue weighted by atomic mass is 32.2. The molecule has 28 heavy (non-hydrogen) atoms. The molecule has 3 rings (SSSR count). The summed E-state index contributed by atoms with van der Waals surface area (Å²) >= 11 is 0. The number of methoxy groups -OCH3 is 1. The van der Waals surface area contributed by atoms with Gasteiger partial charge in [-0.1, -0.05) is 12.1 Å². The van der Waals surface area contributed by atoms with Crippen LogP contribution in [0.25, 0.3) is 11.1 Å². The molecule has 0 aliphatic carbocycles. The summed E-state index contributed by atoms with van der Waals surface area (Å²) in [6.07, 6.45) is 1.66. The average molecular weight is 398 g/mol. The highest BCUT2D eigenvalue weighted by Crippen LogP contribution is 2.25. The van der Waals surface area contributed by atoms with E-state index in [9.17, 15) is 8.42 Å². The fraction of sp³-hybridized carbons (Fsp3) is 0.238. The van der Waals surface area contributed by atoms with Gasteiger partial charge in [0.05, 0.1) is 24.2 Å². The monoisotopic (exact) mass is 397 g/mol. The van der Waals surface area contributed by atoms with Gasteiger partial charge in [0.1, 0.15) is 0 Å². The summed E-state index contributed by atoms with van der Waals surface area (Å²) in [6.45, 7) is 4.08. The molecule has 0 fully saturated rings. The predicted molar refractivity (Wildman–Crippen MR) is 109 cm³/mol. The van der Waals surface area contributed by atoms with Crippen LogP contribution in [0, 0.1) is 13.8 Å². The van der Waals surface area contributed by atoms with Crippen LogP contribution in [0.3, 0.4) is 0 Å². The van der Waals surface area contributed by atoms with Crippen molar-refractivity contribution in [1.82, 2.24) is 14.3 Å². The van der Waals surface area contributed by atoms with Gasteiger partial charge in [-0.05, 0) is 55.3 Å². The van der Waals surface area contributed by atoms with Crippen LogP contribution < -0.4 is 4.74 Å². The van der Waals surface area contributed by atoms with E-state index in [-0.39, 0.29) is 11.4 Å². The van der Waals surface area contributed by atoms with Crippen molar-refractivity contribution in [3.63, 3.8) is 0 Å². The molecule has 0 amide bonds. The van der Waals surface area contributed by atoms with Crippen molar-refractivity contribution < 1.29 is 13.2 Å². The highest BCUT2D eigenvalue weighted by Gasteiger charge is 2.22. The molecule has 7 heteroatoms. The van der Waals surface area contributed by atoms with Gasteiger partial charge in [0.2, 0.25) is 15.9 Å². The van der Waals surface area contributed by atoms with E-state index in [0.29, 0.717) is 5.88 Å². The van der Waals surface area contributed by atoms with Gasteiger partial charge in [-0.3, -0.25) is 4.98 Å². The molecule has 3 aromatic rings. The number of hydrogen-bond acceptors (Lipinski definition) is 5. The lowest BCUT2D eigenvalue weighted by molar-refractivity contribution is 0.398. The van der Waals surface area contributed by atoms with Crippen molar-refractivity contribution in [2.24, 2.45) is 0 Å². The molecule has 1 aromatic carbocycles. The normalized spacial score (nSPS) is 11.6. The maximum atomic E-state index is 13.1. The molecule has 0 N–H and O–H groups in total. The Balaban J connectivity index is 1.88. The number of ether oxygens (including phenoxy) is 1. The Hall–Kier alpha value is -2.77. The lowest BCUT2D eigenvalue weighted by atomic mass is 10.1. The van der Waals surface area contributed by atoms with E-state index < -0.39 is 10.0 Å². The van der Waals surface area contributed by atoms with Crippen LogP contribution in [0.15, 0.2) is 59.6 Å². The van der Waals surface area contributed by atoms with E-state index in [1.54, 1.807) is 44.6 Å². The number of sulfonamides is 1. The van der Waals surface area contributed by atoms with E-state index in [1.165, 1.54) is 4.31 Å². The molecule has 0 unspecified atom stereocenters. The van der Waals surface area contributed by atoms with E-state index in [2.05, 4.69) is 9.97 Å². The number of rotatable bonds is 6. The molecule has 2 aromatic heterocycles. The van der Waals surface area contributed by atoms with E-state index in [1.807, 2.05) is 38.1 Å². The lowest BCUT2D eigenvalue weighted by Gasteiger charge is -2.18. The molecular formula is C21H23N3O3S. The minimum Gasteiger partial charge on any atom is -0.481 e. The van der Waals surface area contributed by atoms with Crippen LogP contribution >= 0.6 is 0 Å². The summed E-state index contributed by atoms with van der Waals surface area (Å²) in [4.78, 5) is 8.85. The minimum atomic E-state index is -3.66. The molecule has 0 bridgehead atoms. The van der Waals surface area contributed by atoms with Crippen LogP contribution in [-0.2, 0) is 16.6 Å². The van der Waals surface area contributed by atoms with Gasteiger partial charge in [-0.25, -0.2) is 13.4 Å². The summed E-state index contributed by atoms with van der Waals surface area (Å²) in [5, 5.41) is 0. The van der Waals surface area contributed by atoms with Crippen molar-refractivity contribution in [2.45, 2.75) is 25.3 Å². The molecule has 0 saturated heterocycles. The molecule has 0 aliphatic heterocycles. The Morgan fingerprint density at radius 2 is 1.82 bits per heavy atom. The zero-order valence-electron chi connectivity index (χ0n) is 16.4. The molecule has 0 saturated carbocycles. The molecule has 0 atom stereocenters. The third-order valence-corrected chi connectivity index (χ3v) is 6.16. The van der Waals surface area contributed by atoms with Crippen molar-refractivity contribution in [1.29, 1.82) is 0 Å². The molecule has 2 heterocycles. The first-order chi connectivity index (χ1) is 13.3. The molecule has 146 valence electrons. The first kappa shape index (κ1) is 20.0. The van der Waals surface area contributed by atoms with Crippen molar-refractivity contribution >= 4 is 10.0 Å². The van der Waals surface area contributed by atoms with Crippen molar-refractivity contribution in [3.05, 3.63) is 71.7 Å². The topological polar surface area (TPSA) is 72.4 Å². The number of nitrogens with zero attached hydrogens (tertiary/aromatic N) is 3. The zero-order valence-corrected chi connectivity index (χ0v) is 17.2. The smallest absolute Gasteiger partial charge is 0.243 e. The number of aromatic nitrogens is 2. The maximum absolute atomic E-state index is 13.1. The SMILES string of the molecule is COc1ccc(-c2cccc(S(=O)(=O)N(C)Cc3cc(C)cc(C)n3)c2)cn1. The number of pyridine rings is 2. The number of aryl methyl sites for hydroxylation is 2. The largest absolute Gasteiger partial charge is 0.481 e. The lowest BCUT2D eigenvalue weighted by Crippen LogP contribution is -2.27. The Bertz CT molecular complexity index is 1060. The molecule has 0 radical (unpaired) electrons. The molecule has 0 aliphatic rings. The maximum Gasteiger partial charge on any atom is 0.243 e. The standard InChI is InChI=1S/C21H23N3O3S/c1-15-10-16(2)23-19(11-15)14-24(3)28(25,26)20-7-5-6-17(12-20)18-8-9-21(27-4)22-13-18/h5-13H,14H2,1-4H3. The van der Waals surface area contributed by atoms with Crippen LogP contribution in [0.2, 0.25) is 0 Å². The first-order valence-electron chi connectivity index (χ1n) is 8.80. The summed E-state index contributed by atoms with van der Waals surface area (Å²) in [6, 6.07) is 14.3. The Labute approximate surface area is 165 Å². The Morgan fingerprint density at radius 3 is 2.46 bits per heavy atom. The fourth-order valence-corrected chi connectivity index (χ4v) is 4.20. The van der Waals surface area contributed by atoms with Crippen LogP contribution in [0.4, 0.5) is 0 Å². The number of hydrogen-bond donors (Lipinski definition) is 0. The first-order valence-corrected chi connectivity index (χ1v) is 10.2. The van der Waals surface area contributed by atoms with E-state index >= 15 is 0 Å². The highest BCUT2D eigenvalue weighted by molar-refractivity contribution is 7.89. The molecular weight excluding hydrogens is 374 g/mol. The second kappa shape index (κ2) is 8.08. The van der Waals surface area contributed by atoms with Gasteiger partial charge in [0.15, 0.2) is 0 Å². The quantitative estimate of drug-likeness (QED) is 0.636. The third kappa shape index (κ3) is 4.37. The zero-order chi connectivity index (χ0) is 20.3. The van der Waals surface area contributed by atoms with E-state index in [0.717, 1.165) is 28.1 Å². The van der Waals surface area contributed by atoms with E-state index in [4.69, 9.17) is 4.74 Å². The minimum absolute atomic E-state index is 0.208. The Morgan fingerprint density at radius 1 is 1.04 bits per heavy atom. The van der Waals surface area contributed by atoms with Gasteiger partial charge in [-0.15, -0.1) is 0 Å². The summed E-state index contributed by atoms with van der Waals surface area (Å²) in [5.41, 5.74) is 4.24. The third-order valence-electron chi connectivity index (χ3n) is 4.36. The Kier molecular flexibility index (Phi) is 5.76.